The molecule has 1 aliphatic heterocycles. The Labute approximate surface area is 198 Å². The lowest BCUT2D eigenvalue weighted by atomic mass is 10.0. The third-order valence-corrected chi connectivity index (χ3v) is 5.84. The number of hydrogen-bond acceptors (Lipinski definition) is 5. The van der Waals surface area contributed by atoms with E-state index in [-0.39, 0.29) is 29.4 Å². The van der Waals surface area contributed by atoms with Crippen molar-refractivity contribution in [3.63, 3.8) is 0 Å². The predicted molar refractivity (Wildman–Crippen MR) is 128 cm³/mol. The van der Waals surface area contributed by atoms with Crippen molar-refractivity contribution in [2.75, 3.05) is 18.4 Å². The summed E-state index contributed by atoms with van der Waals surface area (Å²) in [5, 5.41) is 5.66. The van der Waals surface area contributed by atoms with Crippen LogP contribution in [0.3, 0.4) is 0 Å². The molecule has 1 aromatic heterocycles. The monoisotopic (exact) mass is 457 g/mol. The third-order valence-electron chi connectivity index (χ3n) is 5.84. The molecule has 0 aliphatic carbocycles. The highest BCUT2D eigenvalue weighted by molar-refractivity contribution is 6.07. The molecular weight excluding hydrogens is 430 g/mol. The van der Waals surface area contributed by atoms with Crippen molar-refractivity contribution in [2.45, 2.75) is 32.2 Å². The van der Waals surface area contributed by atoms with Crippen molar-refractivity contribution < 1.29 is 14.4 Å². The Kier molecular flexibility index (Phi) is 7.27. The number of aryl methyl sites for hydroxylation is 1. The second kappa shape index (κ2) is 10.7. The Morgan fingerprint density at radius 3 is 2.29 bits per heavy atom. The maximum absolute atomic E-state index is 12.9. The van der Waals surface area contributed by atoms with Gasteiger partial charge in [-0.1, -0.05) is 48.0 Å². The number of hydrogen-bond donors (Lipinski definition) is 2. The fourth-order valence-electron chi connectivity index (χ4n) is 3.89. The van der Waals surface area contributed by atoms with Crippen molar-refractivity contribution in [2.24, 2.45) is 0 Å². The molecule has 8 heteroatoms. The molecule has 2 heterocycles. The van der Waals surface area contributed by atoms with E-state index < -0.39 is 5.91 Å². The maximum atomic E-state index is 12.9. The molecule has 2 N–H and O–H groups in total. The summed E-state index contributed by atoms with van der Waals surface area (Å²) in [6.45, 7) is 3.10. The molecular formula is C26H27N5O3. The van der Waals surface area contributed by atoms with E-state index in [1.54, 1.807) is 12.1 Å². The van der Waals surface area contributed by atoms with E-state index in [1.807, 2.05) is 54.3 Å². The first-order chi connectivity index (χ1) is 16.5. The number of rotatable bonds is 6. The SMILES string of the molecule is Cc1ccc(C(=O)Nc2nccnc2C(=O)NC2CCN(C(=O)Cc3ccccc3)CC2)cc1. The minimum absolute atomic E-state index is 0.0607. The van der Waals surface area contributed by atoms with Crippen molar-refractivity contribution in [3.8, 4) is 0 Å². The number of aromatic nitrogens is 2. The average molecular weight is 458 g/mol. The number of piperidine rings is 1. The van der Waals surface area contributed by atoms with Crippen LogP contribution >= 0.6 is 0 Å². The van der Waals surface area contributed by atoms with Crippen molar-refractivity contribution in [1.29, 1.82) is 0 Å². The standard InChI is InChI=1S/C26H27N5O3/c1-18-7-9-20(10-8-18)25(33)30-24-23(27-13-14-28-24)26(34)29-21-11-15-31(16-12-21)22(32)17-19-5-3-2-4-6-19/h2-10,13-14,21H,11-12,15-17H2,1H3,(H,29,34)(H,28,30,33). The van der Waals surface area contributed by atoms with E-state index in [4.69, 9.17) is 0 Å². The Balaban J connectivity index is 1.32. The molecule has 2 aromatic carbocycles. The fourth-order valence-corrected chi connectivity index (χ4v) is 3.89. The summed E-state index contributed by atoms with van der Waals surface area (Å²) in [4.78, 5) is 48.2. The van der Waals surface area contributed by atoms with E-state index in [9.17, 15) is 14.4 Å². The fraction of sp³-hybridized carbons (Fsp3) is 0.269. The molecule has 34 heavy (non-hydrogen) atoms. The maximum Gasteiger partial charge on any atom is 0.273 e. The Morgan fingerprint density at radius 1 is 0.912 bits per heavy atom. The number of anilines is 1. The van der Waals surface area contributed by atoms with Gasteiger partial charge in [-0.25, -0.2) is 9.97 Å². The smallest absolute Gasteiger partial charge is 0.273 e. The molecule has 1 saturated heterocycles. The largest absolute Gasteiger partial charge is 0.348 e. The molecule has 0 atom stereocenters. The molecule has 8 nitrogen and oxygen atoms in total. The molecule has 0 bridgehead atoms. The van der Waals surface area contributed by atoms with Gasteiger partial charge in [-0.15, -0.1) is 0 Å². The van der Waals surface area contributed by atoms with Crippen LogP contribution in [0.1, 0.15) is 44.8 Å². The number of nitrogens with one attached hydrogen (secondary N) is 2. The molecule has 0 spiro atoms. The van der Waals surface area contributed by atoms with E-state index >= 15 is 0 Å². The number of carbonyl (C=O) groups excluding carboxylic acids is 3. The van der Waals surface area contributed by atoms with Crippen LogP contribution < -0.4 is 10.6 Å². The summed E-state index contributed by atoms with van der Waals surface area (Å²) in [5.74, 6) is -0.562. The lowest BCUT2D eigenvalue weighted by Crippen LogP contribution is -2.47. The first-order valence-corrected chi connectivity index (χ1v) is 11.3. The molecule has 3 aromatic rings. The second-order valence-corrected chi connectivity index (χ2v) is 8.36. The molecule has 1 fully saturated rings. The van der Waals surface area contributed by atoms with Gasteiger partial charge in [0.1, 0.15) is 0 Å². The van der Waals surface area contributed by atoms with Gasteiger partial charge in [-0.3, -0.25) is 14.4 Å². The number of likely N-dealkylation sites (tertiary alicyclic amines) is 1. The summed E-state index contributed by atoms with van der Waals surface area (Å²) in [6, 6.07) is 16.7. The van der Waals surface area contributed by atoms with E-state index in [0.29, 0.717) is 37.9 Å². The zero-order chi connectivity index (χ0) is 23.9. The van der Waals surface area contributed by atoms with E-state index in [0.717, 1.165) is 11.1 Å². The number of nitrogens with zero attached hydrogens (tertiary/aromatic N) is 3. The zero-order valence-electron chi connectivity index (χ0n) is 19.0. The van der Waals surface area contributed by atoms with Crippen molar-refractivity contribution in [1.82, 2.24) is 20.2 Å². The van der Waals surface area contributed by atoms with Crippen molar-refractivity contribution >= 4 is 23.5 Å². The highest BCUT2D eigenvalue weighted by Gasteiger charge is 2.26. The number of carbonyl (C=O) groups is 3. The minimum Gasteiger partial charge on any atom is -0.348 e. The number of benzene rings is 2. The quantitative estimate of drug-likeness (QED) is 0.592. The summed E-state index contributed by atoms with van der Waals surface area (Å²) in [6.07, 6.45) is 4.52. The van der Waals surface area contributed by atoms with Crippen LogP contribution in [-0.2, 0) is 11.2 Å². The summed E-state index contributed by atoms with van der Waals surface area (Å²) >= 11 is 0. The predicted octanol–water partition coefficient (Wildman–Crippen LogP) is 3.00. The number of amides is 3. The molecule has 1 aliphatic rings. The lowest BCUT2D eigenvalue weighted by molar-refractivity contribution is -0.131. The van der Waals surface area contributed by atoms with Gasteiger partial charge in [0.05, 0.1) is 6.42 Å². The second-order valence-electron chi connectivity index (χ2n) is 8.36. The Hall–Kier alpha value is -4.07. The Bertz CT molecular complexity index is 1160. The molecule has 0 unspecified atom stereocenters. The van der Waals surface area contributed by atoms with Crippen LogP contribution in [-0.4, -0.2) is 51.7 Å². The third kappa shape index (κ3) is 5.83. The van der Waals surface area contributed by atoms with Gasteiger partial charge in [0.15, 0.2) is 11.5 Å². The first-order valence-electron chi connectivity index (χ1n) is 11.3. The summed E-state index contributed by atoms with van der Waals surface area (Å²) < 4.78 is 0. The average Bonchev–Trinajstić information content (AvgIpc) is 2.85. The van der Waals surface area contributed by atoms with Crippen LogP contribution in [0.25, 0.3) is 0 Å². The zero-order valence-corrected chi connectivity index (χ0v) is 19.0. The molecule has 0 saturated carbocycles. The first kappa shape index (κ1) is 23.1. The molecule has 3 amide bonds. The minimum atomic E-state index is -0.402. The van der Waals surface area contributed by atoms with Crippen LogP contribution in [0.5, 0.6) is 0 Å². The summed E-state index contributed by atoms with van der Waals surface area (Å²) in [7, 11) is 0. The van der Waals surface area contributed by atoms with E-state index in [1.165, 1.54) is 12.4 Å². The van der Waals surface area contributed by atoms with Crippen LogP contribution in [0.2, 0.25) is 0 Å². The van der Waals surface area contributed by atoms with Gasteiger partial charge in [0, 0.05) is 37.1 Å². The highest BCUT2D eigenvalue weighted by Crippen LogP contribution is 2.16. The van der Waals surface area contributed by atoms with Gasteiger partial charge in [0.2, 0.25) is 5.91 Å². The highest BCUT2D eigenvalue weighted by atomic mass is 16.2. The van der Waals surface area contributed by atoms with Gasteiger partial charge in [-0.2, -0.15) is 0 Å². The van der Waals surface area contributed by atoms with Gasteiger partial charge >= 0.3 is 0 Å². The van der Waals surface area contributed by atoms with Gasteiger partial charge in [0.25, 0.3) is 11.8 Å². The van der Waals surface area contributed by atoms with Crippen LogP contribution in [0.15, 0.2) is 67.0 Å². The van der Waals surface area contributed by atoms with Gasteiger partial charge < -0.3 is 15.5 Å². The topological polar surface area (TPSA) is 104 Å². The lowest BCUT2D eigenvalue weighted by Gasteiger charge is -2.32. The van der Waals surface area contributed by atoms with Gasteiger partial charge in [-0.05, 0) is 37.5 Å². The van der Waals surface area contributed by atoms with Crippen molar-refractivity contribution in [3.05, 3.63) is 89.4 Å². The molecule has 4 rings (SSSR count). The Morgan fingerprint density at radius 2 is 1.59 bits per heavy atom. The van der Waals surface area contributed by atoms with Crippen LogP contribution in [0, 0.1) is 6.92 Å². The van der Waals surface area contributed by atoms with E-state index in [2.05, 4.69) is 20.6 Å². The molecule has 0 radical (unpaired) electrons. The summed E-state index contributed by atoms with van der Waals surface area (Å²) in [5.41, 5.74) is 2.57. The normalized spacial score (nSPS) is 13.9. The molecule has 174 valence electrons. The van der Waals surface area contributed by atoms with Crippen LogP contribution in [0.4, 0.5) is 5.82 Å².